The van der Waals surface area contributed by atoms with E-state index < -0.39 is 0 Å². The van der Waals surface area contributed by atoms with Gasteiger partial charge in [0.25, 0.3) is 0 Å². The first-order chi connectivity index (χ1) is 10.2. The molecule has 1 fully saturated rings. The molecule has 5 heteroatoms. The second kappa shape index (κ2) is 8.30. The van der Waals surface area contributed by atoms with Crippen LogP contribution in [0.15, 0.2) is 4.47 Å². The lowest BCUT2D eigenvalue weighted by Crippen LogP contribution is -2.43. The summed E-state index contributed by atoms with van der Waals surface area (Å²) in [6, 6.07) is 0.654. The van der Waals surface area contributed by atoms with Crippen LogP contribution in [-0.4, -0.2) is 40.4 Å². The van der Waals surface area contributed by atoms with Crippen molar-refractivity contribution in [3.05, 3.63) is 15.9 Å². The molecule has 4 nitrogen and oxygen atoms in total. The average molecular weight is 357 g/mol. The smallest absolute Gasteiger partial charge is 0.0767 e. The largest absolute Gasteiger partial charge is 0.313 e. The summed E-state index contributed by atoms with van der Waals surface area (Å²) in [5, 5.41) is 8.36. The van der Waals surface area contributed by atoms with E-state index in [0.717, 1.165) is 32.6 Å². The fraction of sp³-hybridized carbons (Fsp3) is 0.812. The van der Waals surface area contributed by atoms with Gasteiger partial charge in [0.2, 0.25) is 0 Å². The van der Waals surface area contributed by atoms with Crippen molar-refractivity contribution in [2.75, 3.05) is 19.6 Å². The van der Waals surface area contributed by atoms with Crippen LogP contribution in [0.25, 0.3) is 0 Å². The van der Waals surface area contributed by atoms with Crippen molar-refractivity contribution in [1.29, 1.82) is 0 Å². The SMILES string of the molecule is CCc1nn(CC)c(CN(CC)CC2CCCCN2)c1Br. The normalized spacial score (nSPS) is 19.4. The van der Waals surface area contributed by atoms with E-state index in [1.165, 1.54) is 41.7 Å². The van der Waals surface area contributed by atoms with Gasteiger partial charge in [-0.1, -0.05) is 20.3 Å². The number of aryl methyl sites for hydroxylation is 2. The van der Waals surface area contributed by atoms with Crippen LogP contribution >= 0.6 is 15.9 Å². The molecule has 1 saturated heterocycles. The quantitative estimate of drug-likeness (QED) is 0.814. The number of halogens is 1. The predicted octanol–water partition coefficient (Wildman–Crippen LogP) is 3.19. The third kappa shape index (κ3) is 4.30. The van der Waals surface area contributed by atoms with E-state index in [4.69, 9.17) is 5.10 Å². The minimum absolute atomic E-state index is 0.654. The minimum Gasteiger partial charge on any atom is -0.313 e. The molecule has 2 rings (SSSR count). The van der Waals surface area contributed by atoms with E-state index >= 15 is 0 Å². The number of nitrogens with one attached hydrogen (secondary N) is 1. The van der Waals surface area contributed by atoms with Gasteiger partial charge < -0.3 is 5.32 Å². The van der Waals surface area contributed by atoms with Gasteiger partial charge in [0.15, 0.2) is 0 Å². The van der Waals surface area contributed by atoms with Crippen molar-refractivity contribution in [3.63, 3.8) is 0 Å². The third-order valence-corrected chi connectivity index (χ3v) is 5.32. The number of rotatable bonds is 7. The Morgan fingerprint density at radius 2 is 2.14 bits per heavy atom. The molecule has 120 valence electrons. The van der Waals surface area contributed by atoms with Crippen molar-refractivity contribution < 1.29 is 0 Å². The molecule has 1 atom stereocenters. The maximum absolute atomic E-state index is 4.71. The molecule has 1 aliphatic heterocycles. The molecule has 0 aliphatic carbocycles. The second-order valence-electron chi connectivity index (χ2n) is 5.85. The summed E-state index contributed by atoms with van der Waals surface area (Å²) in [6.45, 7) is 11.9. The van der Waals surface area contributed by atoms with Crippen LogP contribution < -0.4 is 5.32 Å². The number of hydrogen-bond donors (Lipinski definition) is 1. The zero-order chi connectivity index (χ0) is 15.2. The summed E-state index contributed by atoms with van der Waals surface area (Å²) < 4.78 is 3.36. The van der Waals surface area contributed by atoms with Crippen LogP contribution in [0.5, 0.6) is 0 Å². The molecule has 2 heterocycles. The van der Waals surface area contributed by atoms with Gasteiger partial charge in [-0.3, -0.25) is 9.58 Å². The molecule has 1 aromatic heterocycles. The van der Waals surface area contributed by atoms with Crippen LogP contribution in [0.2, 0.25) is 0 Å². The van der Waals surface area contributed by atoms with Crippen LogP contribution in [0.1, 0.15) is 51.4 Å². The van der Waals surface area contributed by atoms with Crippen molar-refractivity contribution in [1.82, 2.24) is 20.0 Å². The molecule has 0 saturated carbocycles. The summed E-state index contributed by atoms with van der Waals surface area (Å²) in [4.78, 5) is 2.54. The molecule has 0 spiro atoms. The highest BCUT2D eigenvalue weighted by molar-refractivity contribution is 9.10. The van der Waals surface area contributed by atoms with Crippen molar-refractivity contribution in [2.45, 2.75) is 65.6 Å². The van der Waals surface area contributed by atoms with E-state index in [0.29, 0.717) is 6.04 Å². The number of aromatic nitrogens is 2. The molecule has 0 aromatic carbocycles. The van der Waals surface area contributed by atoms with Gasteiger partial charge >= 0.3 is 0 Å². The lowest BCUT2D eigenvalue weighted by Gasteiger charge is -2.30. The molecule has 0 radical (unpaired) electrons. The molecule has 1 aliphatic rings. The van der Waals surface area contributed by atoms with Crippen molar-refractivity contribution in [3.8, 4) is 0 Å². The Morgan fingerprint density at radius 3 is 2.71 bits per heavy atom. The van der Waals surface area contributed by atoms with Gasteiger partial charge in [-0.05, 0) is 55.2 Å². The molecule has 21 heavy (non-hydrogen) atoms. The molecule has 1 unspecified atom stereocenters. The second-order valence-corrected chi connectivity index (χ2v) is 6.64. The standard InChI is InChI=1S/C16H29BrN4/c1-4-14-16(17)15(21(6-3)19-14)12-20(5-2)11-13-9-7-8-10-18-13/h13,18H,4-12H2,1-3H3. The van der Waals surface area contributed by atoms with E-state index in [2.05, 4.69) is 51.6 Å². The maximum Gasteiger partial charge on any atom is 0.0767 e. The highest BCUT2D eigenvalue weighted by atomic mass is 79.9. The van der Waals surface area contributed by atoms with Gasteiger partial charge in [-0.2, -0.15) is 5.10 Å². The zero-order valence-electron chi connectivity index (χ0n) is 13.7. The predicted molar refractivity (Wildman–Crippen MR) is 91.6 cm³/mol. The number of hydrogen-bond acceptors (Lipinski definition) is 3. The van der Waals surface area contributed by atoms with E-state index in [1.807, 2.05) is 0 Å². The highest BCUT2D eigenvalue weighted by Gasteiger charge is 2.20. The Balaban J connectivity index is 2.05. The van der Waals surface area contributed by atoms with Gasteiger partial charge in [0.1, 0.15) is 0 Å². The summed E-state index contributed by atoms with van der Waals surface area (Å²) >= 11 is 3.76. The highest BCUT2D eigenvalue weighted by Crippen LogP contribution is 2.24. The fourth-order valence-corrected chi connectivity index (χ4v) is 3.77. The topological polar surface area (TPSA) is 33.1 Å². The first-order valence-corrected chi connectivity index (χ1v) is 9.18. The Labute approximate surface area is 137 Å². The maximum atomic E-state index is 4.71. The summed E-state index contributed by atoms with van der Waals surface area (Å²) in [5.74, 6) is 0. The molecule has 1 N–H and O–H groups in total. The first kappa shape index (κ1) is 17.0. The van der Waals surface area contributed by atoms with Gasteiger partial charge in [-0.25, -0.2) is 0 Å². The third-order valence-electron chi connectivity index (χ3n) is 4.41. The van der Waals surface area contributed by atoms with E-state index in [1.54, 1.807) is 0 Å². The summed E-state index contributed by atoms with van der Waals surface area (Å²) in [5.41, 5.74) is 2.51. The molecule has 0 amide bonds. The van der Waals surface area contributed by atoms with Crippen LogP contribution in [0, 0.1) is 0 Å². The first-order valence-electron chi connectivity index (χ1n) is 8.39. The van der Waals surface area contributed by atoms with Crippen molar-refractivity contribution in [2.24, 2.45) is 0 Å². The number of piperidine rings is 1. The average Bonchev–Trinajstić information content (AvgIpc) is 2.83. The van der Waals surface area contributed by atoms with Gasteiger partial charge in [-0.15, -0.1) is 0 Å². The van der Waals surface area contributed by atoms with Gasteiger partial charge in [0.05, 0.1) is 15.9 Å². The fourth-order valence-electron chi connectivity index (χ4n) is 3.08. The monoisotopic (exact) mass is 356 g/mol. The Kier molecular flexibility index (Phi) is 6.71. The lowest BCUT2D eigenvalue weighted by molar-refractivity contribution is 0.221. The summed E-state index contributed by atoms with van der Waals surface area (Å²) in [7, 11) is 0. The van der Waals surface area contributed by atoms with Crippen LogP contribution in [0.3, 0.4) is 0 Å². The summed E-state index contributed by atoms with van der Waals surface area (Å²) in [6.07, 6.45) is 4.99. The molecular formula is C16H29BrN4. The zero-order valence-corrected chi connectivity index (χ0v) is 15.2. The van der Waals surface area contributed by atoms with E-state index in [9.17, 15) is 0 Å². The number of nitrogens with zero attached hydrogens (tertiary/aromatic N) is 3. The van der Waals surface area contributed by atoms with Crippen molar-refractivity contribution >= 4 is 15.9 Å². The minimum atomic E-state index is 0.654. The molecule has 0 bridgehead atoms. The Morgan fingerprint density at radius 1 is 1.33 bits per heavy atom. The molecular weight excluding hydrogens is 328 g/mol. The lowest BCUT2D eigenvalue weighted by atomic mass is 10.0. The molecule has 1 aromatic rings. The Bertz CT molecular complexity index is 438. The number of likely N-dealkylation sites (N-methyl/N-ethyl adjacent to an activating group) is 1. The van der Waals surface area contributed by atoms with Gasteiger partial charge in [0, 0.05) is 25.7 Å². The van der Waals surface area contributed by atoms with E-state index in [-0.39, 0.29) is 0 Å². The van der Waals surface area contributed by atoms with Crippen LogP contribution in [0.4, 0.5) is 0 Å². The van der Waals surface area contributed by atoms with Crippen LogP contribution in [-0.2, 0) is 19.5 Å². The Hall–Kier alpha value is -0.390.